The molecule has 2 aromatic heterocycles. The fraction of sp³-hybridized carbons (Fsp3) is 0.500. The molecule has 1 aliphatic heterocycles. The number of aryl methyl sites for hydroxylation is 1. The van der Waals surface area contributed by atoms with Crippen LogP contribution < -0.4 is 5.32 Å². The maximum absolute atomic E-state index is 5.27. The number of nitrogens with one attached hydrogen (secondary N) is 1. The Balaban J connectivity index is 1.60. The number of rotatable bonds is 4. The Labute approximate surface area is 104 Å². The summed E-state index contributed by atoms with van der Waals surface area (Å²) < 4.78 is 5.27. The van der Waals surface area contributed by atoms with Gasteiger partial charge >= 0.3 is 0 Å². The summed E-state index contributed by atoms with van der Waals surface area (Å²) in [7, 11) is 0. The van der Waals surface area contributed by atoms with Gasteiger partial charge in [-0.1, -0.05) is 11.2 Å². The van der Waals surface area contributed by atoms with Crippen molar-refractivity contribution in [2.75, 3.05) is 13.1 Å². The van der Waals surface area contributed by atoms with Crippen LogP contribution >= 0.6 is 11.3 Å². The van der Waals surface area contributed by atoms with Crippen LogP contribution in [0.5, 0.6) is 0 Å². The highest BCUT2D eigenvalue weighted by atomic mass is 32.1. The lowest BCUT2D eigenvalue weighted by molar-refractivity contribution is 0.365. The fourth-order valence-corrected chi connectivity index (χ4v) is 2.80. The van der Waals surface area contributed by atoms with Gasteiger partial charge < -0.3 is 9.84 Å². The second kappa shape index (κ2) is 4.98. The van der Waals surface area contributed by atoms with Gasteiger partial charge in [-0.05, 0) is 43.3 Å². The first-order chi connectivity index (χ1) is 8.42. The highest BCUT2D eigenvalue weighted by Gasteiger charge is 2.16. The molecule has 1 unspecified atom stereocenters. The number of nitrogens with zero attached hydrogens (tertiary/aromatic N) is 2. The van der Waals surface area contributed by atoms with Gasteiger partial charge in [0.05, 0.1) is 4.88 Å². The molecule has 17 heavy (non-hydrogen) atoms. The van der Waals surface area contributed by atoms with Gasteiger partial charge in [0.15, 0.2) is 0 Å². The Bertz CT molecular complexity index is 460. The average Bonchev–Trinajstić information content (AvgIpc) is 3.09. The van der Waals surface area contributed by atoms with Crippen molar-refractivity contribution in [3.63, 3.8) is 0 Å². The monoisotopic (exact) mass is 249 g/mol. The van der Waals surface area contributed by atoms with Crippen LogP contribution in [0.3, 0.4) is 0 Å². The van der Waals surface area contributed by atoms with Crippen molar-refractivity contribution in [1.82, 2.24) is 15.5 Å². The molecule has 4 nitrogen and oxygen atoms in total. The summed E-state index contributed by atoms with van der Waals surface area (Å²) >= 11 is 1.64. The van der Waals surface area contributed by atoms with E-state index in [4.69, 9.17) is 4.52 Å². The van der Waals surface area contributed by atoms with Crippen LogP contribution in [0.2, 0.25) is 0 Å². The van der Waals surface area contributed by atoms with Crippen molar-refractivity contribution >= 4 is 11.3 Å². The van der Waals surface area contributed by atoms with E-state index in [1.165, 1.54) is 6.42 Å². The molecule has 0 bridgehead atoms. The Morgan fingerprint density at radius 3 is 3.29 bits per heavy atom. The maximum atomic E-state index is 5.27. The van der Waals surface area contributed by atoms with E-state index in [2.05, 4.69) is 15.5 Å². The molecule has 90 valence electrons. The van der Waals surface area contributed by atoms with Gasteiger partial charge in [-0.25, -0.2) is 0 Å². The summed E-state index contributed by atoms with van der Waals surface area (Å²) in [5.41, 5.74) is 0. The zero-order valence-electron chi connectivity index (χ0n) is 9.56. The first-order valence-corrected chi connectivity index (χ1v) is 6.87. The van der Waals surface area contributed by atoms with Gasteiger partial charge in [0.25, 0.3) is 0 Å². The SMILES string of the molecule is c1csc(-c2noc(CCC3CCNC3)n2)c1. The summed E-state index contributed by atoms with van der Waals surface area (Å²) in [6.07, 6.45) is 3.30. The molecule has 2 aromatic rings. The first kappa shape index (κ1) is 10.9. The van der Waals surface area contributed by atoms with Gasteiger partial charge in [0.2, 0.25) is 11.7 Å². The summed E-state index contributed by atoms with van der Waals surface area (Å²) in [4.78, 5) is 5.50. The molecule has 0 radical (unpaired) electrons. The van der Waals surface area contributed by atoms with Gasteiger partial charge in [-0.15, -0.1) is 11.3 Å². The van der Waals surface area contributed by atoms with Crippen LogP contribution in [-0.4, -0.2) is 23.2 Å². The minimum absolute atomic E-state index is 0.722. The van der Waals surface area contributed by atoms with Crippen molar-refractivity contribution in [2.24, 2.45) is 5.92 Å². The van der Waals surface area contributed by atoms with Gasteiger partial charge in [0, 0.05) is 6.42 Å². The molecule has 1 aliphatic rings. The quantitative estimate of drug-likeness (QED) is 0.903. The number of thiophene rings is 1. The topological polar surface area (TPSA) is 51.0 Å². The van der Waals surface area contributed by atoms with E-state index in [9.17, 15) is 0 Å². The highest BCUT2D eigenvalue weighted by molar-refractivity contribution is 7.13. The summed E-state index contributed by atoms with van der Waals surface area (Å²) in [6.45, 7) is 2.28. The molecular formula is C12H15N3OS. The van der Waals surface area contributed by atoms with Crippen LogP contribution in [0.4, 0.5) is 0 Å². The van der Waals surface area contributed by atoms with E-state index in [-0.39, 0.29) is 0 Å². The van der Waals surface area contributed by atoms with E-state index in [0.717, 1.165) is 48.4 Å². The standard InChI is InChI=1S/C12H15N3OS/c1-2-10(17-7-1)12-14-11(16-15-12)4-3-9-5-6-13-8-9/h1-2,7,9,13H,3-6,8H2. The molecule has 0 spiro atoms. The lowest BCUT2D eigenvalue weighted by atomic mass is 10.0. The lowest BCUT2D eigenvalue weighted by Gasteiger charge is -2.03. The van der Waals surface area contributed by atoms with Crippen molar-refractivity contribution in [3.05, 3.63) is 23.4 Å². The largest absolute Gasteiger partial charge is 0.339 e. The molecule has 0 saturated carbocycles. The van der Waals surface area contributed by atoms with E-state index in [1.807, 2.05) is 17.5 Å². The molecule has 0 amide bonds. The summed E-state index contributed by atoms with van der Waals surface area (Å²) in [5.74, 6) is 2.26. The molecule has 5 heteroatoms. The highest BCUT2D eigenvalue weighted by Crippen LogP contribution is 2.22. The Kier molecular flexibility index (Phi) is 3.20. The van der Waals surface area contributed by atoms with Crippen molar-refractivity contribution in [3.8, 4) is 10.7 Å². The number of aromatic nitrogens is 2. The minimum atomic E-state index is 0.722. The second-order valence-electron chi connectivity index (χ2n) is 4.39. The first-order valence-electron chi connectivity index (χ1n) is 5.99. The molecule has 1 fully saturated rings. The number of hydrogen-bond acceptors (Lipinski definition) is 5. The van der Waals surface area contributed by atoms with Crippen molar-refractivity contribution < 1.29 is 4.52 Å². The predicted molar refractivity (Wildman–Crippen MR) is 66.9 cm³/mol. The van der Waals surface area contributed by atoms with Crippen molar-refractivity contribution in [1.29, 1.82) is 0 Å². The molecule has 0 aliphatic carbocycles. The maximum Gasteiger partial charge on any atom is 0.226 e. The third kappa shape index (κ3) is 2.56. The van der Waals surface area contributed by atoms with Gasteiger partial charge in [0.1, 0.15) is 0 Å². The molecule has 1 atom stereocenters. The van der Waals surface area contributed by atoms with Crippen molar-refractivity contribution in [2.45, 2.75) is 19.3 Å². The minimum Gasteiger partial charge on any atom is -0.339 e. The van der Waals surface area contributed by atoms with Crippen LogP contribution in [0.1, 0.15) is 18.7 Å². The molecule has 1 saturated heterocycles. The summed E-state index contributed by atoms with van der Waals surface area (Å²) in [6, 6.07) is 4.01. The Hall–Kier alpha value is -1.20. The second-order valence-corrected chi connectivity index (χ2v) is 5.33. The molecule has 3 heterocycles. The Morgan fingerprint density at radius 1 is 1.53 bits per heavy atom. The fourth-order valence-electron chi connectivity index (χ4n) is 2.15. The predicted octanol–water partition coefficient (Wildman–Crippen LogP) is 2.34. The van der Waals surface area contributed by atoms with Crippen LogP contribution in [0.25, 0.3) is 10.7 Å². The molecule has 3 rings (SSSR count). The van der Waals surface area contributed by atoms with Gasteiger partial charge in [-0.3, -0.25) is 0 Å². The Morgan fingerprint density at radius 2 is 2.53 bits per heavy atom. The molecule has 0 aromatic carbocycles. The van der Waals surface area contributed by atoms with E-state index >= 15 is 0 Å². The number of hydrogen-bond donors (Lipinski definition) is 1. The zero-order chi connectivity index (χ0) is 11.5. The third-order valence-electron chi connectivity index (χ3n) is 3.14. The zero-order valence-corrected chi connectivity index (χ0v) is 10.4. The third-order valence-corrected chi connectivity index (χ3v) is 4.00. The molecular weight excluding hydrogens is 234 g/mol. The van der Waals surface area contributed by atoms with Crippen LogP contribution in [0, 0.1) is 5.92 Å². The van der Waals surface area contributed by atoms with E-state index in [0.29, 0.717) is 0 Å². The average molecular weight is 249 g/mol. The molecule has 1 N–H and O–H groups in total. The smallest absolute Gasteiger partial charge is 0.226 e. The van der Waals surface area contributed by atoms with Gasteiger partial charge in [-0.2, -0.15) is 4.98 Å². The lowest BCUT2D eigenvalue weighted by Crippen LogP contribution is -2.09. The van der Waals surface area contributed by atoms with E-state index in [1.54, 1.807) is 11.3 Å². The summed E-state index contributed by atoms with van der Waals surface area (Å²) in [5, 5.41) is 9.41. The van der Waals surface area contributed by atoms with E-state index < -0.39 is 0 Å². The van der Waals surface area contributed by atoms with Crippen LogP contribution in [-0.2, 0) is 6.42 Å². The van der Waals surface area contributed by atoms with Crippen LogP contribution in [0.15, 0.2) is 22.0 Å². The normalized spacial score (nSPS) is 19.9.